The molecule has 4 heterocycles. The number of hydrogen-bond donors (Lipinski definition) is 0. The van der Waals surface area contributed by atoms with Crippen LogP contribution in [0, 0.1) is 26.4 Å². The zero-order valence-corrected chi connectivity index (χ0v) is 18.2. The van der Waals surface area contributed by atoms with Crippen molar-refractivity contribution < 1.29 is 45.2 Å². The molecule has 4 nitrogen and oxygen atoms in total. The molecule has 4 aliphatic rings. The van der Waals surface area contributed by atoms with Crippen LogP contribution in [0.3, 0.4) is 0 Å². The van der Waals surface area contributed by atoms with Crippen molar-refractivity contribution in [2.24, 2.45) is 0 Å². The predicted molar refractivity (Wildman–Crippen MR) is 96.4 cm³/mol. The fraction of sp³-hybridized carbons (Fsp3) is 0.800. The second-order valence-corrected chi connectivity index (χ2v) is 6.13. The number of ether oxygens (including phenoxy) is 4. The van der Waals surface area contributed by atoms with Gasteiger partial charge >= 0.3 is 26.2 Å². The molecule has 0 aromatic heterocycles. The van der Waals surface area contributed by atoms with Gasteiger partial charge in [0.1, 0.15) is 0 Å². The Morgan fingerprint density at radius 1 is 0.360 bits per heavy atom. The van der Waals surface area contributed by atoms with E-state index in [1.807, 2.05) is 26.4 Å². The van der Waals surface area contributed by atoms with Gasteiger partial charge in [-0.1, -0.05) is 25.7 Å². The summed E-state index contributed by atoms with van der Waals surface area (Å²) in [6.45, 7) is 11.3. The van der Waals surface area contributed by atoms with Crippen molar-refractivity contribution in [3.63, 3.8) is 0 Å². The summed E-state index contributed by atoms with van der Waals surface area (Å²) in [5.41, 5.74) is 0. The van der Waals surface area contributed by atoms with E-state index in [1.165, 1.54) is 51.4 Å². The molecule has 4 rings (SSSR count). The normalized spacial score (nSPS) is 23.0. The maximum absolute atomic E-state index is 4.94. The Labute approximate surface area is 174 Å². The van der Waals surface area contributed by atoms with Gasteiger partial charge in [0.05, 0.1) is 0 Å². The first-order valence-electron chi connectivity index (χ1n) is 9.73. The maximum atomic E-state index is 4.94. The molecule has 0 atom stereocenters. The summed E-state index contributed by atoms with van der Waals surface area (Å²) >= 11 is 0. The molecule has 25 heavy (non-hydrogen) atoms. The summed E-state index contributed by atoms with van der Waals surface area (Å²) < 4.78 is 19.8. The minimum absolute atomic E-state index is 0. The molecule has 0 aliphatic carbocycles. The molecule has 0 aromatic carbocycles. The van der Waals surface area contributed by atoms with Gasteiger partial charge in [-0.05, 0) is 25.7 Å². The maximum Gasteiger partial charge on any atom is 4.00 e. The van der Waals surface area contributed by atoms with Crippen molar-refractivity contribution in [1.82, 2.24) is 0 Å². The van der Waals surface area contributed by atoms with Crippen molar-refractivity contribution in [1.29, 1.82) is 0 Å². The standard InChI is InChI=1S/4C5H9O.Zr/c4*1-2-4-6-5-3-1;/h4*4H,1-3,5H2;/q4*-1;+4. The van der Waals surface area contributed by atoms with Crippen molar-refractivity contribution in [2.45, 2.75) is 77.0 Å². The van der Waals surface area contributed by atoms with Gasteiger partial charge in [-0.2, -0.15) is 25.7 Å². The fourth-order valence-electron chi connectivity index (χ4n) is 2.32. The van der Waals surface area contributed by atoms with E-state index in [9.17, 15) is 0 Å². The summed E-state index contributed by atoms with van der Waals surface area (Å²) in [6, 6.07) is 0. The van der Waals surface area contributed by atoms with E-state index in [4.69, 9.17) is 18.9 Å². The zero-order chi connectivity index (χ0) is 17.0. The van der Waals surface area contributed by atoms with Crippen LogP contribution >= 0.6 is 0 Å². The van der Waals surface area contributed by atoms with Gasteiger partial charge in [0, 0.05) is 26.4 Å². The smallest absolute Gasteiger partial charge is 0.552 e. The molecule has 0 unspecified atom stereocenters. The SMILES string of the molecule is [CH-]1CCCCO1.[CH-]1CCCCO1.[CH-]1CCCCO1.[CH-]1CCCCO1.[Zr+4]. The minimum Gasteiger partial charge on any atom is -0.552 e. The quantitative estimate of drug-likeness (QED) is 0.482. The molecule has 0 N–H and O–H groups in total. The van der Waals surface area contributed by atoms with Gasteiger partial charge in [0.2, 0.25) is 0 Å². The van der Waals surface area contributed by atoms with Crippen molar-refractivity contribution >= 4 is 0 Å². The van der Waals surface area contributed by atoms with Crippen LogP contribution in [0.25, 0.3) is 0 Å². The first kappa shape index (κ1) is 25.7. The van der Waals surface area contributed by atoms with E-state index in [-0.39, 0.29) is 26.2 Å². The van der Waals surface area contributed by atoms with Crippen LogP contribution < -0.4 is 0 Å². The summed E-state index contributed by atoms with van der Waals surface area (Å²) in [5.74, 6) is 0. The third kappa shape index (κ3) is 20.9. The summed E-state index contributed by atoms with van der Waals surface area (Å²) in [6.07, 6.45) is 14.9. The molecule has 0 spiro atoms. The molecule has 0 amide bonds. The summed E-state index contributed by atoms with van der Waals surface area (Å²) in [4.78, 5) is 0. The fourth-order valence-corrected chi connectivity index (χ4v) is 2.32. The Morgan fingerprint density at radius 3 is 0.640 bits per heavy atom. The predicted octanol–water partition coefficient (Wildman–Crippen LogP) is 5.39. The molecule has 4 aliphatic heterocycles. The third-order valence-electron chi connectivity index (χ3n) is 3.81. The van der Waals surface area contributed by atoms with Gasteiger partial charge in [0.25, 0.3) is 0 Å². The summed E-state index contributed by atoms with van der Waals surface area (Å²) in [5, 5.41) is 0. The average Bonchev–Trinajstić information content (AvgIpc) is 2.75. The molecular weight excluding hydrogens is 395 g/mol. The van der Waals surface area contributed by atoms with E-state index in [0.29, 0.717) is 0 Å². The van der Waals surface area contributed by atoms with Crippen LogP contribution in [-0.2, 0) is 45.2 Å². The molecule has 0 saturated carbocycles. The van der Waals surface area contributed by atoms with E-state index in [0.717, 1.165) is 52.1 Å². The van der Waals surface area contributed by atoms with Gasteiger partial charge < -0.3 is 18.9 Å². The number of hydrogen-bond acceptors (Lipinski definition) is 4. The van der Waals surface area contributed by atoms with Crippen LogP contribution in [0.5, 0.6) is 0 Å². The monoisotopic (exact) mass is 430 g/mol. The van der Waals surface area contributed by atoms with Gasteiger partial charge in [0.15, 0.2) is 0 Å². The average molecular weight is 432 g/mol. The molecule has 144 valence electrons. The topological polar surface area (TPSA) is 36.9 Å². The zero-order valence-electron chi connectivity index (χ0n) is 15.8. The van der Waals surface area contributed by atoms with Crippen LogP contribution in [0.15, 0.2) is 0 Å². The molecule has 0 radical (unpaired) electrons. The Bertz CT molecular complexity index is 132. The Balaban J connectivity index is 0.000000303. The Kier molecular flexibility index (Phi) is 23.4. The van der Waals surface area contributed by atoms with Crippen molar-refractivity contribution in [2.75, 3.05) is 26.4 Å². The van der Waals surface area contributed by atoms with Crippen LogP contribution in [0.1, 0.15) is 77.0 Å². The third-order valence-corrected chi connectivity index (χ3v) is 3.81. The van der Waals surface area contributed by atoms with Crippen LogP contribution in [-0.4, -0.2) is 26.4 Å². The minimum atomic E-state index is 0. The van der Waals surface area contributed by atoms with E-state index in [1.54, 1.807) is 0 Å². The Hall–Kier alpha value is 0.723. The molecule has 4 fully saturated rings. The molecule has 5 heteroatoms. The molecule has 0 aromatic rings. The largest absolute Gasteiger partial charge is 4.00 e. The molecule has 0 bridgehead atoms. The summed E-state index contributed by atoms with van der Waals surface area (Å²) in [7, 11) is 0. The van der Waals surface area contributed by atoms with Gasteiger partial charge in [-0.15, -0.1) is 0 Å². The molecule has 4 saturated heterocycles. The van der Waals surface area contributed by atoms with Crippen molar-refractivity contribution in [3.8, 4) is 0 Å². The second-order valence-electron chi connectivity index (χ2n) is 6.13. The van der Waals surface area contributed by atoms with Crippen molar-refractivity contribution in [3.05, 3.63) is 26.4 Å². The first-order chi connectivity index (χ1) is 12.0. The van der Waals surface area contributed by atoms with Crippen LogP contribution in [0.4, 0.5) is 0 Å². The molecular formula is C20H36O4Zr. The number of rotatable bonds is 0. The van der Waals surface area contributed by atoms with E-state index in [2.05, 4.69) is 0 Å². The first-order valence-corrected chi connectivity index (χ1v) is 9.73. The van der Waals surface area contributed by atoms with E-state index < -0.39 is 0 Å². The van der Waals surface area contributed by atoms with Gasteiger partial charge in [-0.25, -0.2) is 26.4 Å². The Morgan fingerprint density at radius 2 is 0.600 bits per heavy atom. The second kappa shape index (κ2) is 22.8. The van der Waals surface area contributed by atoms with Crippen LogP contribution in [0.2, 0.25) is 0 Å². The van der Waals surface area contributed by atoms with E-state index >= 15 is 0 Å². The van der Waals surface area contributed by atoms with Gasteiger partial charge in [-0.3, -0.25) is 0 Å².